The van der Waals surface area contributed by atoms with E-state index in [-0.39, 0.29) is 13.2 Å². The molecule has 0 saturated heterocycles. The summed E-state index contributed by atoms with van der Waals surface area (Å²) in [5.74, 6) is 0. The molecule has 1 rings (SSSR count). The number of aliphatic hydroxyl groups excluding tert-OH is 1. The number of nitriles is 1. The van der Waals surface area contributed by atoms with Crippen LogP contribution < -0.4 is 5.32 Å². The van der Waals surface area contributed by atoms with Gasteiger partial charge in [-0.15, -0.1) is 0 Å². The fourth-order valence-electron chi connectivity index (χ4n) is 1.55. The SMILES string of the molecule is COCC(CO)Nc1ccc(C(F)(F)F)c(C#N)c1. The number of benzene rings is 1. The molecule has 0 heterocycles. The average molecular weight is 274 g/mol. The maximum atomic E-state index is 12.6. The third-order valence-electron chi connectivity index (χ3n) is 2.40. The van der Waals surface area contributed by atoms with E-state index in [2.05, 4.69) is 5.32 Å². The van der Waals surface area contributed by atoms with Gasteiger partial charge < -0.3 is 15.2 Å². The van der Waals surface area contributed by atoms with E-state index >= 15 is 0 Å². The standard InChI is InChI=1S/C12H13F3N2O2/c1-19-7-10(6-18)17-9-2-3-11(12(13,14)15)8(4-9)5-16/h2-4,10,17-18H,6-7H2,1H3. The molecule has 104 valence electrons. The first-order valence-corrected chi connectivity index (χ1v) is 5.40. The number of halogens is 3. The Morgan fingerprint density at radius 3 is 2.63 bits per heavy atom. The van der Waals surface area contributed by atoms with Gasteiger partial charge in [0.15, 0.2) is 0 Å². The van der Waals surface area contributed by atoms with E-state index in [0.29, 0.717) is 5.69 Å². The van der Waals surface area contributed by atoms with E-state index in [4.69, 9.17) is 15.1 Å². The maximum absolute atomic E-state index is 12.6. The van der Waals surface area contributed by atoms with Crippen molar-refractivity contribution in [2.75, 3.05) is 25.6 Å². The molecule has 0 bridgehead atoms. The number of hydrogen-bond donors (Lipinski definition) is 2. The van der Waals surface area contributed by atoms with Crippen molar-refractivity contribution < 1.29 is 23.0 Å². The van der Waals surface area contributed by atoms with Gasteiger partial charge in [-0.1, -0.05) is 0 Å². The van der Waals surface area contributed by atoms with Gasteiger partial charge in [0, 0.05) is 12.8 Å². The van der Waals surface area contributed by atoms with Gasteiger partial charge in [-0.3, -0.25) is 0 Å². The number of nitrogens with zero attached hydrogens (tertiary/aromatic N) is 1. The molecule has 1 atom stereocenters. The first kappa shape index (κ1) is 15.3. The summed E-state index contributed by atoms with van der Waals surface area (Å²) < 4.78 is 42.6. The van der Waals surface area contributed by atoms with Crippen LogP contribution in [0.25, 0.3) is 0 Å². The lowest BCUT2D eigenvalue weighted by atomic mass is 10.1. The Morgan fingerprint density at radius 2 is 2.16 bits per heavy atom. The van der Waals surface area contributed by atoms with E-state index in [1.807, 2.05) is 0 Å². The zero-order valence-corrected chi connectivity index (χ0v) is 10.2. The molecule has 1 aromatic carbocycles. The molecular weight excluding hydrogens is 261 g/mol. The lowest BCUT2D eigenvalue weighted by Gasteiger charge is -2.17. The van der Waals surface area contributed by atoms with Crippen molar-refractivity contribution in [1.82, 2.24) is 0 Å². The summed E-state index contributed by atoms with van der Waals surface area (Å²) in [6, 6.07) is 4.21. The van der Waals surface area contributed by atoms with Crippen molar-refractivity contribution >= 4 is 5.69 Å². The highest BCUT2D eigenvalue weighted by Crippen LogP contribution is 2.33. The summed E-state index contributed by atoms with van der Waals surface area (Å²) >= 11 is 0. The molecule has 0 spiro atoms. The molecule has 0 aromatic heterocycles. The number of aliphatic hydroxyl groups is 1. The predicted octanol–water partition coefficient (Wildman–Crippen LogP) is 2.00. The van der Waals surface area contributed by atoms with Crippen LogP contribution in [0, 0.1) is 11.3 Å². The van der Waals surface area contributed by atoms with Crippen LogP contribution in [0.5, 0.6) is 0 Å². The Balaban J connectivity index is 2.98. The smallest absolute Gasteiger partial charge is 0.394 e. The minimum atomic E-state index is -4.56. The quantitative estimate of drug-likeness (QED) is 0.862. The van der Waals surface area contributed by atoms with Crippen LogP contribution in [0.1, 0.15) is 11.1 Å². The van der Waals surface area contributed by atoms with Crippen molar-refractivity contribution in [3.8, 4) is 6.07 Å². The van der Waals surface area contributed by atoms with Gasteiger partial charge in [0.2, 0.25) is 0 Å². The minimum Gasteiger partial charge on any atom is -0.394 e. The topological polar surface area (TPSA) is 65.3 Å². The van der Waals surface area contributed by atoms with E-state index < -0.39 is 23.3 Å². The second-order valence-corrected chi connectivity index (χ2v) is 3.85. The average Bonchev–Trinajstić information content (AvgIpc) is 2.36. The van der Waals surface area contributed by atoms with Crippen molar-refractivity contribution in [3.63, 3.8) is 0 Å². The third-order valence-corrected chi connectivity index (χ3v) is 2.40. The molecule has 0 amide bonds. The van der Waals surface area contributed by atoms with Gasteiger partial charge in [0.05, 0.1) is 36.5 Å². The molecule has 19 heavy (non-hydrogen) atoms. The number of nitrogens with one attached hydrogen (secondary N) is 1. The molecule has 0 fully saturated rings. The Morgan fingerprint density at radius 1 is 1.47 bits per heavy atom. The van der Waals surface area contributed by atoms with E-state index in [1.165, 1.54) is 19.2 Å². The molecule has 4 nitrogen and oxygen atoms in total. The zero-order chi connectivity index (χ0) is 14.5. The highest BCUT2D eigenvalue weighted by Gasteiger charge is 2.33. The van der Waals surface area contributed by atoms with Gasteiger partial charge in [-0.25, -0.2) is 0 Å². The molecule has 0 aliphatic carbocycles. The number of ether oxygens (including phenoxy) is 1. The second kappa shape index (κ2) is 6.41. The Labute approximate surface area is 108 Å². The molecule has 0 saturated carbocycles. The molecule has 2 N–H and O–H groups in total. The largest absolute Gasteiger partial charge is 0.417 e. The van der Waals surface area contributed by atoms with Crippen molar-refractivity contribution in [2.24, 2.45) is 0 Å². The van der Waals surface area contributed by atoms with Crippen LogP contribution in [0.3, 0.4) is 0 Å². The molecule has 0 radical (unpaired) electrons. The van der Waals surface area contributed by atoms with Gasteiger partial charge in [-0.2, -0.15) is 18.4 Å². The Bertz CT molecular complexity index is 469. The fourth-order valence-corrected chi connectivity index (χ4v) is 1.55. The molecule has 1 unspecified atom stereocenters. The summed E-state index contributed by atoms with van der Waals surface area (Å²) in [4.78, 5) is 0. The van der Waals surface area contributed by atoms with Crippen LogP contribution in [-0.4, -0.2) is 31.5 Å². The van der Waals surface area contributed by atoms with Crippen LogP contribution in [0.2, 0.25) is 0 Å². The lowest BCUT2D eigenvalue weighted by Crippen LogP contribution is -2.28. The number of hydrogen-bond acceptors (Lipinski definition) is 4. The number of rotatable bonds is 5. The summed E-state index contributed by atoms with van der Waals surface area (Å²) in [5, 5.41) is 20.6. The van der Waals surface area contributed by atoms with Crippen molar-refractivity contribution in [2.45, 2.75) is 12.2 Å². The van der Waals surface area contributed by atoms with Crippen LogP contribution in [0.15, 0.2) is 18.2 Å². The maximum Gasteiger partial charge on any atom is 0.417 e. The molecule has 0 aliphatic heterocycles. The summed E-state index contributed by atoms with van der Waals surface area (Å²) in [7, 11) is 1.44. The van der Waals surface area contributed by atoms with Crippen LogP contribution in [0.4, 0.5) is 18.9 Å². The van der Waals surface area contributed by atoms with Crippen molar-refractivity contribution in [3.05, 3.63) is 29.3 Å². The van der Waals surface area contributed by atoms with Gasteiger partial charge >= 0.3 is 6.18 Å². The first-order chi connectivity index (χ1) is 8.92. The van der Waals surface area contributed by atoms with Gasteiger partial charge in [0.1, 0.15) is 0 Å². The third kappa shape index (κ3) is 4.12. The van der Waals surface area contributed by atoms with E-state index in [1.54, 1.807) is 0 Å². The summed E-state index contributed by atoms with van der Waals surface area (Å²) in [6.45, 7) is -0.0455. The zero-order valence-electron chi connectivity index (χ0n) is 10.2. The number of anilines is 1. The van der Waals surface area contributed by atoms with Gasteiger partial charge in [0.25, 0.3) is 0 Å². The van der Waals surface area contributed by atoms with Crippen LogP contribution in [-0.2, 0) is 10.9 Å². The lowest BCUT2D eigenvalue weighted by molar-refractivity contribution is -0.137. The van der Waals surface area contributed by atoms with Crippen molar-refractivity contribution in [1.29, 1.82) is 5.26 Å². The highest BCUT2D eigenvalue weighted by atomic mass is 19.4. The minimum absolute atomic E-state index is 0.194. The highest BCUT2D eigenvalue weighted by molar-refractivity contribution is 5.54. The monoisotopic (exact) mass is 274 g/mol. The fraction of sp³-hybridized carbons (Fsp3) is 0.417. The predicted molar refractivity (Wildman–Crippen MR) is 62.5 cm³/mol. The van der Waals surface area contributed by atoms with Gasteiger partial charge in [-0.05, 0) is 18.2 Å². The summed E-state index contributed by atoms with van der Waals surface area (Å²) in [5.41, 5.74) is -1.12. The summed E-state index contributed by atoms with van der Waals surface area (Å²) in [6.07, 6.45) is -4.56. The number of methoxy groups -OCH3 is 1. The molecule has 1 aromatic rings. The van der Waals surface area contributed by atoms with Crippen LogP contribution >= 0.6 is 0 Å². The van der Waals surface area contributed by atoms with E-state index in [9.17, 15) is 13.2 Å². The second-order valence-electron chi connectivity index (χ2n) is 3.85. The van der Waals surface area contributed by atoms with E-state index in [0.717, 1.165) is 12.1 Å². The Hall–Kier alpha value is -1.78. The molecular formula is C12H13F3N2O2. The first-order valence-electron chi connectivity index (χ1n) is 5.40. The number of alkyl halides is 3. The molecule has 7 heteroatoms. The normalized spacial score (nSPS) is 12.8. The molecule has 0 aliphatic rings. The Kier molecular flexibility index (Phi) is 5.15.